The fourth-order valence-electron chi connectivity index (χ4n) is 12.5. The Balaban J connectivity index is 1.20. The lowest BCUT2D eigenvalue weighted by Gasteiger charge is -2.35. The van der Waals surface area contributed by atoms with Gasteiger partial charge in [0.1, 0.15) is 65.5 Å². The first-order chi connectivity index (χ1) is 48.8. The number of amides is 12. The van der Waals surface area contributed by atoms with Crippen LogP contribution in [-0.4, -0.2) is 185 Å². The molecule has 1 unspecified atom stereocenters. The molecule has 11 N–H and O–H groups in total. The van der Waals surface area contributed by atoms with Gasteiger partial charge in [-0.15, -0.1) is 0 Å². The van der Waals surface area contributed by atoms with Gasteiger partial charge in [0.25, 0.3) is 0 Å². The highest BCUT2D eigenvalue weighted by molar-refractivity contribution is 5.99. The van der Waals surface area contributed by atoms with Crippen LogP contribution in [0.2, 0.25) is 0 Å². The number of aromatic amines is 1. The van der Waals surface area contributed by atoms with Crippen molar-refractivity contribution in [1.29, 1.82) is 0 Å². The lowest BCUT2D eigenvalue weighted by molar-refractivity contribution is -0.146. The summed E-state index contributed by atoms with van der Waals surface area (Å²) in [7, 11) is 2.77. The number of fused-ring (bicyclic) bond motifs is 26. The minimum atomic E-state index is -1.69. The molecule has 6 bridgehead atoms. The summed E-state index contributed by atoms with van der Waals surface area (Å²) in [6.07, 6.45) is -1.59. The molecule has 1 fully saturated rings. The average molecular weight is 1430 g/mol. The third-order valence-corrected chi connectivity index (χ3v) is 17.8. The molecule has 0 saturated carbocycles. The van der Waals surface area contributed by atoms with Crippen LogP contribution in [0.4, 0.5) is 9.18 Å². The van der Waals surface area contributed by atoms with Crippen LogP contribution in [-0.2, 0) is 101 Å². The summed E-state index contributed by atoms with van der Waals surface area (Å²) in [6, 6.07) is 12.8. The Hall–Kier alpha value is -10.5. The Morgan fingerprint density at radius 3 is 1.96 bits per heavy atom. The second kappa shape index (κ2) is 35.4. The number of nitrogens with zero attached hydrogens (tertiary/aromatic N) is 2. The number of hydrogen-bond donors (Lipinski definition) is 11. The van der Waals surface area contributed by atoms with E-state index in [9.17, 15) is 33.6 Å². The van der Waals surface area contributed by atoms with Gasteiger partial charge in [-0.25, -0.2) is 9.18 Å². The van der Waals surface area contributed by atoms with Crippen molar-refractivity contribution >= 4 is 82.0 Å². The van der Waals surface area contributed by atoms with E-state index in [1.807, 2.05) is 12.1 Å². The van der Waals surface area contributed by atoms with E-state index in [2.05, 4.69) is 58.2 Å². The SMILES string of the molecule is COc1ccc(C[C@@H]2NC(=O)[C@H]([C@@H](C)OC(C)(C)C)NC(=O)[C@@H]3CCC(=O)NCc4cccc(c4)C[C@H](NC(=O)[C@@H](CNC(=O)OC(C)(C)C)NC(=O)[C@H](C)NC(=O)CCC(=O)NCc4ccc(cc4)CCNC(=O)C4CCCN4C2=O)C(=O)N[C@@H](Cc2c[nH]c4ccc(F)cc24)C(=O)N3C)cc1. The van der Waals surface area contributed by atoms with Gasteiger partial charge in [-0.05, 0) is 145 Å². The van der Waals surface area contributed by atoms with E-state index in [-0.39, 0.29) is 71.1 Å². The fourth-order valence-corrected chi connectivity index (χ4v) is 12.5. The summed E-state index contributed by atoms with van der Waals surface area (Å²) in [5.74, 6) is -8.56. The van der Waals surface area contributed by atoms with Crippen molar-refractivity contribution in [3.8, 4) is 5.75 Å². The molecule has 0 spiro atoms. The maximum absolute atomic E-state index is 15.7. The maximum Gasteiger partial charge on any atom is 0.407 e. The Morgan fingerprint density at radius 1 is 0.612 bits per heavy atom. The number of aromatic nitrogens is 1. The van der Waals surface area contributed by atoms with Gasteiger partial charge in [-0.1, -0.05) is 60.7 Å². The molecule has 9 atom stereocenters. The largest absolute Gasteiger partial charge is 0.497 e. The van der Waals surface area contributed by atoms with E-state index in [4.69, 9.17) is 14.2 Å². The molecule has 1 aromatic heterocycles. The van der Waals surface area contributed by atoms with Crippen LogP contribution < -0.4 is 57.9 Å². The van der Waals surface area contributed by atoms with Gasteiger partial charge >= 0.3 is 6.09 Å². The minimum Gasteiger partial charge on any atom is -0.497 e. The van der Waals surface area contributed by atoms with E-state index in [0.29, 0.717) is 58.2 Å². The smallest absolute Gasteiger partial charge is 0.407 e. The third kappa shape index (κ3) is 23.0. The molecule has 103 heavy (non-hydrogen) atoms. The summed E-state index contributed by atoms with van der Waals surface area (Å²) < 4.78 is 32.4. The average Bonchev–Trinajstić information content (AvgIpc) is 1.76. The normalized spacial score (nSPS) is 23.1. The van der Waals surface area contributed by atoms with Gasteiger partial charge < -0.3 is 82.2 Å². The van der Waals surface area contributed by atoms with Gasteiger partial charge in [0.2, 0.25) is 65.0 Å². The van der Waals surface area contributed by atoms with Gasteiger partial charge in [0, 0.05) is 88.9 Å². The van der Waals surface area contributed by atoms with Crippen molar-refractivity contribution in [1.82, 2.24) is 68.0 Å². The molecule has 5 heterocycles. The van der Waals surface area contributed by atoms with Crippen LogP contribution in [0, 0.1) is 5.82 Å². The highest BCUT2D eigenvalue weighted by Gasteiger charge is 2.42. The number of methoxy groups -OCH3 is 1. The van der Waals surface area contributed by atoms with E-state index < -0.39 is 149 Å². The standard InChI is InChI=1S/C74H96FN13O15/c1-42-64(92)85-57(41-80-72(100)103-74(6,7)8)66(94)82-54-35-47-13-11-14-48(33-47)39-79-60(89)27-26-58(87(9)70(98)56(83-65(54)93)36-49-40-77-53-25-22-50(75)37-52(49)53)68(96)86-63(43(2)102-73(3,4)5)69(97)84-55(34-45-20-23-51(101-10)24-21-45)71(99)88-32-12-15-59(88)67(95)76-31-30-44-16-18-46(19-17-44)38-78-61(90)28-29-62(91)81-42/h11,13-14,16-25,33,37,40,42-43,54-59,63,77H,12,15,26-32,34-36,38-39,41H2,1-10H3,(H,76,95)(H,78,90)(H,79,89)(H,80,100)(H,81,91)(H,82,94)(H,83,93)(H,84,97)(H,85,92)(H,86,96)/t42-,43+,54-,55-,56-,57+,58-,59?,63-/m0/s1. The summed E-state index contributed by atoms with van der Waals surface area (Å²) in [4.78, 5) is 179. The molecule has 29 heteroatoms. The van der Waals surface area contributed by atoms with E-state index in [1.165, 1.54) is 50.4 Å². The zero-order chi connectivity index (χ0) is 74.9. The molecular formula is C74H96FN13O15. The first kappa shape index (κ1) is 78.3. The highest BCUT2D eigenvalue weighted by Crippen LogP contribution is 2.25. The highest BCUT2D eigenvalue weighted by atomic mass is 19.1. The monoisotopic (exact) mass is 1430 g/mol. The molecule has 4 aliphatic heterocycles. The Labute approximate surface area is 597 Å². The Kier molecular flexibility index (Phi) is 26.9. The number of nitrogens with one attached hydrogen (secondary N) is 11. The first-order valence-corrected chi connectivity index (χ1v) is 34.7. The minimum absolute atomic E-state index is 0.0705. The Bertz CT molecular complexity index is 3910. The van der Waals surface area contributed by atoms with Crippen molar-refractivity contribution in [3.63, 3.8) is 0 Å². The van der Waals surface area contributed by atoms with Crippen molar-refractivity contribution < 1.29 is 76.1 Å². The molecule has 9 rings (SSSR count). The number of ether oxygens (including phenoxy) is 3. The topological polar surface area (TPSA) is 375 Å². The third-order valence-electron chi connectivity index (χ3n) is 17.8. The number of carbonyl (C=O) groups excluding carboxylic acids is 12. The van der Waals surface area contributed by atoms with Gasteiger partial charge in [0.15, 0.2) is 0 Å². The van der Waals surface area contributed by atoms with Gasteiger partial charge in [-0.2, -0.15) is 0 Å². The molecule has 1 saturated heterocycles. The van der Waals surface area contributed by atoms with Crippen molar-refractivity contribution in [2.45, 2.75) is 198 Å². The number of rotatable bonds is 9. The molecule has 12 amide bonds. The number of benzene rings is 4. The molecule has 5 aromatic rings. The number of hydrogen-bond acceptors (Lipinski definition) is 15. The molecule has 4 aromatic carbocycles. The molecular weight excluding hydrogens is 1330 g/mol. The fraction of sp³-hybridized carbons (Fsp3) is 0.486. The van der Waals surface area contributed by atoms with Crippen molar-refractivity contribution in [2.24, 2.45) is 0 Å². The number of H-pyrrole nitrogens is 1. The summed E-state index contributed by atoms with van der Waals surface area (Å²) in [6.45, 7) is 12.7. The van der Waals surface area contributed by atoms with Crippen molar-refractivity contribution in [3.05, 3.63) is 136 Å². The Morgan fingerprint density at radius 2 is 1.26 bits per heavy atom. The molecule has 554 valence electrons. The summed E-state index contributed by atoms with van der Waals surface area (Å²) in [5, 5.41) is 27.7. The second-order valence-corrected chi connectivity index (χ2v) is 28.2. The molecule has 4 aliphatic rings. The van der Waals surface area contributed by atoms with Crippen LogP contribution in [0.3, 0.4) is 0 Å². The van der Waals surface area contributed by atoms with Crippen molar-refractivity contribution in [2.75, 3.05) is 33.8 Å². The van der Waals surface area contributed by atoms with Crippen LogP contribution in [0.5, 0.6) is 5.75 Å². The van der Waals surface area contributed by atoms with Crippen LogP contribution >= 0.6 is 0 Å². The number of halogens is 1. The molecule has 0 aliphatic carbocycles. The quantitative estimate of drug-likeness (QED) is 0.0945. The van der Waals surface area contributed by atoms with Crippen LogP contribution in [0.25, 0.3) is 10.9 Å². The lowest BCUT2D eigenvalue weighted by atomic mass is 9.99. The predicted molar refractivity (Wildman–Crippen MR) is 377 cm³/mol. The van der Waals surface area contributed by atoms with Gasteiger partial charge in [-0.3, -0.25) is 52.7 Å². The second-order valence-electron chi connectivity index (χ2n) is 28.2. The van der Waals surface area contributed by atoms with E-state index in [0.717, 1.165) is 16.0 Å². The predicted octanol–water partition coefficient (Wildman–Crippen LogP) is 3.00. The zero-order valence-corrected chi connectivity index (χ0v) is 59.9. The number of carbonyl (C=O) groups is 12. The summed E-state index contributed by atoms with van der Waals surface area (Å²) in [5.41, 5.74) is 2.00. The lowest BCUT2D eigenvalue weighted by Crippen LogP contribution is -2.63. The number of likely N-dealkylation sites (N-methyl/N-ethyl adjacent to an activating group) is 1. The van der Waals surface area contributed by atoms with E-state index in [1.54, 1.807) is 109 Å². The van der Waals surface area contributed by atoms with Crippen LogP contribution in [0.1, 0.15) is 127 Å². The van der Waals surface area contributed by atoms with Gasteiger partial charge in [0.05, 0.1) is 25.4 Å². The van der Waals surface area contributed by atoms with E-state index >= 15 is 28.4 Å². The first-order valence-electron chi connectivity index (χ1n) is 34.7. The molecule has 0 radical (unpaired) electrons. The zero-order valence-electron chi connectivity index (χ0n) is 59.9. The molecule has 28 nitrogen and oxygen atoms in total. The van der Waals surface area contributed by atoms with Crippen LogP contribution in [0.15, 0.2) is 97.2 Å². The number of alkyl carbamates (subject to hydrolysis) is 1. The maximum atomic E-state index is 15.7. The summed E-state index contributed by atoms with van der Waals surface area (Å²) >= 11 is 0.